The molecule has 3 aromatic rings. The van der Waals surface area contributed by atoms with Gasteiger partial charge in [0.2, 0.25) is 21.8 Å². The highest BCUT2D eigenvalue weighted by Crippen LogP contribution is 2.26. The maximum absolute atomic E-state index is 13.7. The molecule has 0 saturated heterocycles. The summed E-state index contributed by atoms with van der Waals surface area (Å²) in [5.41, 5.74) is 0.597. The van der Waals surface area contributed by atoms with Gasteiger partial charge in [-0.05, 0) is 81.8 Å². The Morgan fingerprint density at radius 3 is 2.13 bits per heavy atom. The van der Waals surface area contributed by atoms with Gasteiger partial charge in [-0.1, -0.05) is 46.3 Å². The van der Waals surface area contributed by atoms with Crippen LogP contribution in [-0.4, -0.2) is 49.5 Å². The summed E-state index contributed by atoms with van der Waals surface area (Å²) in [6.45, 7) is 6.85. The fraction of sp³-hybridized carbons (Fsp3) is 0.310. The number of nitrogens with zero attached hydrogens (tertiary/aromatic N) is 2. The van der Waals surface area contributed by atoms with Crippen LogP contribution in [0.3, 0.4) is 0 Å². The number of ether oxygens (including phenoxy) is 1. The number of benzene rings is 3. The van der Waals surface area contributed by atoms with E-state index in [1.165, 1.54) is 4.90 Å². The quantitative estimate of drug-likeness (QED) is 0.332. The molecule has 3 aromatic carbocycles. The van der Waals surface area contributed by atoms with Crippen LogP contribution in [0.1, 0.15) is 33.3 Å². The van der Waals surface area contributed by atoms with E-state index >= 15 is 0 Å². The molecule has 0 spiro atoms. The molecule has 8 nitrogen and oxygen atoms in total. The maximum Gasteiger partial charge on any atom is 0.244 e. The summed E-state index contributed by atoms with van der Waals surface area (Å²) in [4.78, 5) is 28.1. The molecule has 0 saturated carbocycles. The second-order valence-corrected chi connectivity index (χ2v) is 13.1. The summed E-state index contributed by atoms with van der Waals surface area (Å²) in [7, 11) is -3.84. The van der Waals surface area contributed by atoms with Crippen LogP contribution in [0.5, 0.6) is 11.5 Å². The normalized spacial score (nSPS) is 12.4. The standard InChI is InChI=1S/C29H34BrN3O5S/c1-21(28(35)31-29(2,3)4)32(19-22-10-9-11-23(30)18-22)27(34)20-33(39(5,36)37)24-14-16-26(17-15-24)38-25-12-7-6-8-13-25/h6-18,21H,19-20H2,1-5H3,(H,31,35). The Kier molecular flexibility index (Phi) is 9.79. The first kappa shape index (κ1) is 30.2. The van der Waals surface area contributed by atoms with E-state index in [2.05, 4.69) is 21.2 Å². The second kappa shape index (κ2) is 12.7. The molecule has 2 amide bonds. The van der Waals surface area contributed by atoms with E-state index < -0.39 is 34.1 Å². The first-order chi connectivity index (χ1) is 18.2. The lowest BCUT2D eigenvalue weighted by Gasteiger charge is -2.33. The number of carbonyl (C=O) groups excluding carboxylic acids is 2. The highest BCUT2D eigenvalue weighted by Gasteiger charge is 2.31. The fourth-order valence-corrected chi connectivity index (χ4v) is 5.10. The molecule has 1 atom stereocenters. The third kappa shape index (κ3) is 9.11. The number of halogens is 1. The van der Waals surface area contributed by atoms with Crippen molar-refractivity contribution in [1.29, 1.82) is 0 Å². The third-order valence-corrected chi connectivity index (χ3v) is 7.32. The highest BCUT2D eigenvalue weighted by molar-refractivity contribution is 9.10. The molecule has 10 heteroatoms. The van der Waals surface area contributed by atoms with E-state index in [9.17, 15) is 18.0 Å². The van der Waals surface area contributed by atoms with Gasteiger partial charge in [0.1, 0.15) is 24.1 Å². The topological polar surface area (TPSA) is 96.0 Å². The van der Waals surface area contributed by atoms with Crippen LogP contribution in [0.2, 0.25) is 0 Å². The summed E-state index contributed by atoms with van der Waals surface area (Å²) in [5, 5.41) is 2.90. The van der Waals surface area contributed by atoms with Gasteiger partial charge < -0.3 is 15.0 Å². The SMILES string of the molecule is CC(C(=O)NC(C)(C)C)N(Cc1cccc(Br)c1)C(=O)CN(c1ccc(Oc2ccccc2)cc1)S(C)(=O)=O. The Morgan fingerprint density at radius 2 is 1.56 bits per heavy atom. The first-order valence-corrected chi connectivity index (χ1v) is 15.0. The number of sulfonamides is 1. The number of rotatable bonds is 10. The van der Waals surface area contributed by atoms with Crippen molar-refractivity contribution in [3.8, 4) is 11.5 Å². The molecule has 0 radical (unpaired) electrons. The predicted octanol–water partition coefficient (Wildman–Crippen LogP) is 5.34. The van der Waals surface area contributed by atoms with E-state index in [0.29, 0.717) is 17.2 Å². The van der Waals surface area contributed by atoms with Gasteiger partial charge in [-0.15, -0.1) is 0 Å². The molecular weight excluding hydrogens is 582 g/mol. The molecule has 1 N–H and O–H groups in total. The van der Waals surface area contributed by atoms with Crippen molar-refractivity contribution in [3.05, 3.63) is 88.9 Å². The van der Waals surface area contributed by atoms with E-state index in [4.69, 9.17) is 4.74 Å². The smallest absolute Gasteiger partial charge is 0.244 e. The van der Waals surface area contributed by atoms with Crippen LogP contribution in [0.15, 0.2) is 83.3 Å². The Labute approximate surface area is 239 Å². The maximum atomic E-state index is 13.7. The third-order valence-electron chi connectivity index (χ3n) is 5.69. The van der Waals surface area contributed by atoms with Gasteiger partial charge in [-0.2, -0.15) is 0 Å². The lowest BCUT2D eigenvalue weighted by molar-refractivity contribution is -0.140. The van der Waals surface area contributed by atoms with Crippen molar-refractivity contribution < 1.29 is 22.7 Å². The van der Waals surface area contributed by atoms with Crippen molar-refractivity contribution >= 4 is 43.5 Å². The van der Waals surface area contributed by atoms with Gasteiger partial charge in [0.25, 0.3) is 0 Å². The number of carbonyl (C=O) groups is 2. The van der Waals surface area contributed by atoms with Crippen LogP contribution in [0, 0.1) is 0 Å². The minimum absolute atomic E-state index is 0.123. The number of anilines is 1. The lowest BCUT2D eigenvalue weighted by Crippen LogP contribution is -2.54. The van der Waals surface area contributed by atoms with Crippen LogP contribution in [0.4, 0.5) is 5.69 Å². The van der Waals surface area contributed by atoms with Crippen LogP contribution < -0.4 is 14.4 Å². The number of amides is 2. The van der Waals surface area contributed by atoms with Gasteiger partial charge in [-0.25, -0.2) is 8.42 Å². The molecular formula is C29H34BrN3O5S. The molecule has 0 heterocycles. The average Bonchev–Trinajstić information content (AvgIpc) is 2.85. The van der Waals surface area contributed by atoms with Crippen LogP contribution in [-0.2, 0) is 26.2 Å². The Bertz CT molecular complexity index is 1390. The van der Waals surface area contributed by atoms with Crippen molar-refractivity contribution in [2.45, 2.75) is 45.8 Å². The van der Waals surface area contributed by atoms with Crippen LogP contribution in [0.25, 0.3) is 0 Å². The second-order valence-electron chi connectivity index (χ2n) is 10.2. The van der Waals surface area contributed by atoms with E-state index in [1.807, 2.05) is 75.4 Å². The minimum atomic E-state index is -3.84. The van der Waals surface area contributed by atoms with Gasteiger partial charge in [0.05, 0.1) is 11.9 Å². The average molecular weight is 617 g/mol. The Balaban J connectivity index is 1.87. The zero-order valence-corrected chi connectivity index (χ0v) is 25.1. The fourth-order valence-electron chi connectivity index (χ4n) is 3.81. The van der Waals surface area contributed by atoms with Crippen molar-refractivity contribution in [1.82, 2.24) is 10.2 Å². The molecule has 208 valence electrons. The van der Waals surface area contributed by atoms with Crippen molar-refractivity contribution in [2.24, 2.45) is 0 Å². The molecule has 0 aliphatic rings. The summed E-state index contributed by atoms with van der Waals surface area (Å²) >= 11 is 3.44. The molecule has 0 aromatic heterocycles. The molecule has 0 bridgehead atoms. The van der Waals surface area contributed by atoms with Crippen LogP contribution >= 0.6 is 15.9 Å². The minimum Gasteiger partial charge on any atom is -0.457 e. The van der Waals surface area contributed by atoms with Crippen molar-refractivity contribution in [2.75, 3.05) is 17.1 Å². The Morgan fingerprint density at radius 1 is 0.949 bits per heavy atom. The van der Waals surface area contributed by atoms with E-state index in [1.54, 1.807) is 31.2 Å². The highest BCUT2D eigenvalue weighted by atomic mass is 79.9. The zero-order chi connectivity index (χ0) is 28.8. The van der Waals surface area contributed by atoms with Gasteiger partial charge in [0.15, 0.2) is 0 Å². The summed E-state index contributed by atoms with van der Waals surface area (Å²) < 4.78 is 33.3. The molecule has 39 heavy (non-hydrogen) atoms. The summed E-state index contributed by atoms with van der Waals surface area (Å²) in [5.74, 6) is 0.320. The molecule has 0 aliphatic carbocycles. The largest absolute Gasteiger partial charge is 0.457 e. The number of hydrogen-bond acceptors (Lipinski definition) is 5. The molecule has 0 aliphatic heterocycles. The Hall–Kier alpha value is -3.37. The number of hydrogen-bond donors (Lipinski definition) is 1. The lowest BCUT2D eigenvalue weighted by atomic mass is 10.1. The monoisotopic (exact) mass is 615 g/mol. The summed E-state index contributed by atoms with van der Waals surface area (Å²) in [6, 6.07) is 22.2. The number of para-hydroxylation sites is 1. The van der Waals surface area contributed by atoms with E-state index in [0.717, 1.165) is 20.6 Å². The van der Waals surface area contributed by atoms with E-state index in [-0.39, 0.29) is 12.5 Å². The summed E-state index contributed by atoms with van der Waals surface area (Å²) in [6.07, 6.45) is 1.04. The molecule has 3 rings (SSSR count). The van der Waals surface area contributed by atoms with Gasteiger partial charge in [0, 0.05) is 16.6 Å². The van der Waals surface area contributed by atoms with Gasteiger partial charge in [-0.3, -0.25) is 13.9 Å². The van der Waals surface area contributed by atoms with Crippen molar-refractivity contribution in [3.63, 3.8) is 0 Å². The van der Waals surface area contributed by atoms with Gasteiger partial charge >= 0.3 is 0 Å². The predicted molar refractivity (Wildman–Crippen MR) is 157 cm³/mol. The molecule has 0 fully saturated rings. The molecule has 1 unspecified atom stereocenters. The number of nitrogens with one attached hydrogen (secondary N) is 1. The zero-order valence-electron chi connectivity index (χ0n) is 22.7. The first-order valence-electron chi connectivity index (χ1n) is 12.4.